The number of alkyl halides is 3. The quantitative estimate of drug-likeness (QED) is 0.235. The van der Waals surface area contributed by atoms with Crippen molar-refractivity contribution in [1.82, 2.24) is 20.0 Å². The van der Waals surface area contributed by atoms with E-state index in [1.807, 2.05) is 4.90 Å². The molecule has 2 N–H and O–H groups in total. The summed E-state index contributed by atoms with van der Waals surface area (Å²) in [6, 6.07) is 8.76. The number of benzene rings is 2. The number of rotatable bonds is 5. The van der Waals surface area contributed by atoms with Crippen molar-refractivity contribution in [2.45, 2.75) is 44.4 Å². The fraction of sp³-hybridized carbons (Fsp3) is 0.303. The molecule has 3 aliphatic rings. The summed E-state index contributed by atoms with van der Waals surface area (Å²) in [6.45, 7) is 4.65. The first kappa shape index (κ1) is 32.4. The molecule has 48 heavy (non-hydrogen) atoms. The number of aromatic nitrogens is 2. The van der Waals surface area contributed by atoms with Gasteiger partial charge in [0.1, 0.15) is 16.6 Å². The monoisotopic (exact) mass is 673 g/mol. The molecule has 3 aromatic rings. The standard InChI is InChI=1S/C33H26F3N7O4S/c1-32(2,31(48)39-21-6-5-20(13-37)25(11-21)33(34,35)36)42-17-18(14-38-42)3-4-19-15-41(16-19)22-7-8-23-24(12-22)30(47)43(29(23)46)26-9-10-27(44)40-28(26)45/h5-8,11-12,14,17,19,26H,9-10,15-16H2,1-2H3,(H,39,48)(H,40,44,45). The maximum atomic E-state index is 13.4. The van der Waals surface area contributed by atoms with Gasteiger partial charge in [-0.2, -0.15) is 23.5 Å². The highest BCUT2D eigenvalue weighted by molar-refractivity contribution is 7.80. The third-order valence-corrected chi connectivity index (χ3v) is 9.11. The Hall–Kier alpha value is -5.54. The lowest BCUT2D eigenvalue weighted by atomic mass is 9.98. The van der Waals surface area contributed by atoms with Gasteiger partial charge in [0.15, 0.2) is 0 Å². The fourth-order valence-corrected chi connectivity index (χ4v) is 5.87. The van der Waals surface area contributed by atoms with Gasteiger partial charge in [0.05, 0.1) is 46.0 Å². The highest BCUT2D eigenvalue weighted by Crippen LogP contribution is 2.35. The van der Waals surface area contributed by atoms with Gasteiger partial charge in [-0.25, -0.2) is 0 Å². The molecule has 2 fully saturated rings. The SMILES string of the molecule is CC(C)(C(=S)Nc1ccc(C#N)c(C(F)(F)F)c1)n1cc(C#CC2CN(c3ccc4c(c3)C(=O)N(C3CCC(=O)NC3=O)C4=O)C2)cn1. The topological polar surface area (TPSA) is 140 Å². The Morgan fingerprint density at radius 1 is 1.06 bits per heavy atom. The molecule has 4 heterocycles. The minimum absolute atomic E-state index is 0.00821. The smallest absolute Gasteiger partial charge is 0.369 e. The Bertz CT molecular complexity index is 2010. The molecule has 244 valence electrons. The van der Waals surface area contributed by atoms with Gasteiger partial charge >= 0.3 is 6.18 Å². The van der Waals surface area contributed by atoms with Gasteiger partial charge < -0.3 is 10.2 Å². The molecular weight excluding hydrogens is 647 g/mol. The summed E-state index contributed by atoms with van der Waals surface area (Å²) in [5.41, 5.74) is -0.627. The summed E-state index contributed by atoms with van der Waals surface area (Å²) in [6.07, 6.45) is -1.32. The molecule has 2 aromatic carbocycles. The van der Waals surface area contributed by atoms with E-state index >= 15 is 0 Å². The normalized spacial score (nSPS) is 18.0. The largest absolute Gasteiger partial charge is 0.417 e. The molecule has 11 nitrogen and oxygen atoms in total. The van der Waals surface area contributed by atoms with Gasteiger partial charge in [0, 0.05) is 37.1 Å². The molecule has 6 rings (SSSR count). The number of fused-ring (bicyclic) bond motifs is 1. The van der Waals surface area contributed by atoms with Crippen molar-refractivity contribution < 1.29 is 32.3 Å². The van der Waals surface area contributed by atoms with Crippen LogP contribution in [0.5, 0.6) is 0 Å². The summed E-state index contributed by atoms with van der Waals surface area (Å²) in [5.74, 6) is 4.07. The third-order valence-electron chi connectivity index (χ3n) is 8.50. The Morgan fingerprint density at radius 3 is 2.48 bits per heavy atom. The highest BCUT2D eigenvalue weighted by Gasteiger charge is 2.45. The van der Waals surface area contributed by atoms with E-state index in [9.17, 15) is 32.3 Å². The Kier molecular flexibility index (Phi) is 8.05. The molecule has 3 aliphatic heterocycles. The van der Waals surface area contributed by atoms with E-state index in [0.29, 0.717) is 18.7 Å². The zero-order valence-electron chi connectivity index (χ0n) is 25.5. The number of hydrogen-bond donors (Lipinski definition) is 2. The van der Waals surface area contributed by atoms with E-state index in [4.69, 9.17) is 17.5 Å². The number of halogens is 3. The number of thiocarbonyl (C=S) groups is 1. The lowest BCUT2D eigenvalue weighted by Gasteiger charge is -2.38. The van der Waals surface area contributed by atoms with Crippen LogP contribution < -0.4 is 15.5 Å². The number of amides is 4. The van der Waals surface area contributed by atoms with Gasteiger partial charge in [-0.3, -0.25) is 34.1 Å². The van der Waals surface area contributed by atoms with E-state index in [1.165, 1.54) is 6.07 Å². The van der Waals surface area contributed by atoms with Crippen LogP contribution in [-0.4, -0.2) is 62.4 Å². The van der Waals surface area contributed by atoms with Crippen LogP contribution in [-0.2, 0) is 21.3 Å². The second-order valence-corrected chi connectivity index (χ2v) is 12.5. The van der Waals surface area contributed by atoms with Crippen molar-refractivity contribution in [2.75, 3.05) is 23.3 Å². The second kappa shape index (κ2) is 11.9. The molecule has 1 aromatic heterocycles. The molecular formula is C33H26F3N7O4S. The minimum atomic E-state index is -4.70. The molecule has 1 unspecified atom stereocenters. The minimum Gasteiger partial charge on any atom is -0.369 e. The molecule has 2 saturated heterocycles. The third kappa shape index (κ3) is 5.89. The summed E-state index contributed by atoms with van der Waals surface area (Å²) >= 11 is 5.52. The van der Waals surface area contributed by atoms with Gasteiger partial charge in [0.25, 0.3) is 11.8 Å². The molecule has 0 bridgehead atoms. The first-order valence-electron chi connectivity index (χ1n) is 14.8. The summed E-state index contributed by atoms with van der Waals surface area (Å²) in [5, 5.41) is 18.4. The average molecular weight is 674 g/mol. The molecule has 0 aliphatic carbocycles. The lowest BCUT2D eigenvalue weighted by Crippen LogP contribution is -2.54. The van der Waals surface area contributed by atoms with Crippen LogP contribution in [0.15, 0.2) is 48.8 Å². The zero-order chi connectivity index (χ0) is 34.5. The van der Waals surface area contributed by atoms with Gasteiger partial charge in [-0.1, -0.05) is 24.1 Å². The molecule has 4 amide bonds. The summed E-state index contributed by atoms with van der Waals surface area (Å²) in [4.78, 5) is 53.1. The number of nitriles is 1. The van der Waals surface area contributed by atoms with E-state index in [0.717, 1.165) is 22.7 Å². The van der Waals surface area contributed by atoms with Gasteiger partial charge in [-0.05, 0) is 56.7 Å². The van der Waals surface area contributed by atoms with Crippen LogP contribution in [0.2, 0.25) is 0 Å². The van der Waals surface area contributed by atoms with Gasteiger partial charge in [-0.15, -0.1) is 0 Å². The lowest BCUT2D eigenvalue weighted by molar-refractivity contribution is -0.138. The van der Waals surface area contributed by atoms with Crippen molar-refractivity contribution in [1.29, 1.82) is 5.26 Å². The number of hydrogen-bond acceptors (Lipinski definition) is 8. The summed E-state index contributed by atoms with van der Waals surface area (Å²) < 4.78 is 41.8. The molecule has 0 spiro atoms. The fourth-order valence-electron chi connectivity index (χ4n) is 5.66. The maximum Gasteiger partial charge on any atom is 0.417 e. The highest BCUT2D eigenvalue weighted by atomic mass is 32.1. The molecule has 0 saturated carbocycles. The van der Waals surface area contributed by atoms with Crippen LogP contribution >= 0.6 is 12.2 Å². The van der Waals surface area contributed by atoms with Crippen molar-refractivity contribution in [3.05, 3.63) is 76.6 Å². The van der Waals surface area contributed by atoms with E-state index in [2.05, 4.69) is 27.6 Å². The number of anilines is 2. The van der Waals surface area contributed by atoms with Gasteiger partial charge in [0.2, 0.25) is 11.8 Å². The first-order valence-corrected chi connectivity index (χ1v) is 15.2. The Labute approximate surface area is 277 Å². The number of nitrogens with zero attached hydrogens (tertiary/aromatic N) is 5. The molecule has 1 atom stereocenters. The van der Waals surface area contributed by atoms with Crippen LogP contribution in [0.3, 0.4) is 0 Å². The first-order chi connectivity index (χ1) is 22.7. The van der Waals surface area contributed by atoms with Crippen LogP contribution in [0.25, 0.3) is 0 Å². The predicted molar refractivity (Wildman–Crippen MR) is 170 cm³/mol. The van der Waals surface area contributed by atoms with E-state index in [1.54, 1.807) is 55.2 Å². The van der Waals surface area contributed by atoms with Crippen molar-refractivity contribution in [3.63, 3.8) is 0 Å². The average Bonchev–Trinajstić information content (AvgIpc) is 3.59. The number of piperidine rings is 1. The number of nitrogens with one attached hydrogen (secondary N) is 2. The molecule has 15 heteroatoms. The van der Waals surface area contributed by atoms with Crippen LogP contribution in [0.4, 0.5) is 24.5 Å². The van der Waals surface area contributed by atoms with E-state index < -0.39 is 52.5 Å². The van der Waals surface area contributed by atoms with Crippen LogP contribution in [0, 0.1) is 29.1 Å². The Balaban J connectivity index is 1.08. The zero-order valence-corrected chi connectivity index (χ0v) is 26.3. The van der Waals surface area contributed by atoms with Crippen molar-refractivity contribution >= 4 is 52.2 Å². The number of carbonyl (C=O) groups excluding carboxylic acids is 4. The van der Waals surface area contributed by atoms with Crippen molar-refractivity contribution in [3.8, 4) is 17.9 Å². The van der Waals surface area contributed by atoms with E-state index in [-0.39, 0.29) is 40.6 Å². The molecule has 0 radical (unpaired) electrons. The van der Waals surface area contributed by atoms with Crippen LogP contribution in [0.1, 0.15) is 64.1 Å². The maximum absolute atomic E-state index is 13.4. The Morgan fingerprint density at radius 2 is 1.79 bits per heavy atom. The predicted octanol–water partition coefficient (Wildman–Crippen LogP) is 3.84. The second-order valence-electron chi connectivity index (χ2n) is 12.1. The van der Waals surface area contributed by atoms with Crippen molar-refractivity contribution in [2.24, 2.45) is 5.92 Å². The number of carbonyl (C=O) groups is 4. The summed E-state index contributed by atoms with van der Waals surface area (Å²) in [7, 11) is 0. The number of imide groups is 2.